The standard InChI is InChI=1S/C23H26F3N5O/c1-13-3-4-18(24)14(2)20(13)21(22(25)26)32-19-9-15(10-29-23(19)27)16-11-30-31(12-16)17-5-7-28-8-6-17/h3-4,9-12,17,21-22,28H,5-8H2,1-2H3,(H2,27,29)/i1D3,2D3,5D2,6D2,7D2,8D2,17D,21D. The van der Waals surface area contributed by atoms with Crippen molar-refractivity contribution in [1.29, 1.82) is 0 Å². The zero-order valence-corrected chi connectivity index (χ0v) is 16.0. The third-order valence-electron chi connectivity index (χ3n) is 4.33. The van der Waals surface area contributed by atoms with Crippen molar-refractivity contribution in [2.45, 2.75) is 45.0 Å². The Hall–Kier alpha value is -3.07. The van der Waals surface area contributed by atoms with Crippen LogP contribution in [0.2, 0.25) is 0 Å². The lowest BCUT2D eigenvalue weighted by Crippen LogP contribution is -2.29. The number of nitrogens with one attached hydrogen (secondary N) is 1. The van der Waals surface area contributed by atoms with Crippen LogP contribution in [-0.2, 0) is 0 Å². The SMILES string of the molecule is [2H]C([2H])([2H])c1ccc(F)c(C([2H])([2H])[2H])c1C([2H])(Oc1cc(-c2cnn(C3([2H])C([2H])([2H])C([2H])([2H])NC([2H])([2H])C3([2H])[2H])c2)cnc1N)C(F)F. The molecule has 3 heterocycles. The van der Waals surface area contributed by atoms with Gasteiger partial charge < -0.3 is 15.8 Å². The van der Waals surface area contributed by atoms with E-state index in [-0.39, 0.29) is 11.1 Å². The van der Waals surface area contributed by atoms with Gasteiger partial charge in [0.05, 0.1) is 15.0 Å². The number of nitrogen functional groups attached to an aromatic ring is 1. The van der Waals surface area contributed by atoms with Crippen molar-refractivity contribution in [2.75, 3.05) is 18.7 Å². The van der Waals surface area contributed by atoms with Gasteiger partial charge in [-0.3, -0.25) is 4.68 Å². The largest absolute Gasteiger partial charge is 0.476 e. The van der Waals surface area contributed by atoms with Gasteiger partial charge in [-0.15, -0.1) is 0 Å². The Labute approximate surface area is 207 Å². The van der Waals surface area contributed by atoms with Crippen LogP contribution in [0.3, 0.4) is 0 Å². The second kappa shape index (κ2) is 9.20. The normalized spacial score (nSPS) is 32.2. The van der Waals surface area contributed by atoms with Crippen LogP contribution in [0, 0.1) is 19.5 Å². The minimum absolute atomic E-state index is 0.199. The molecule has 3 N–H and O–H groups in total. The molecule has 0 radical (unpaired) electrons. The van der Waals surface area contributed by atoms with E-state index in [0.717, 1.165) is 24.7 Å². The van der Waals surface area contributed by atoms with E-state index < -0.39 is 92.0 Å². The maximum absolute atomic E-state index is 14.9. The Bertz CT molecular complexity index is 1700. The first-order valence-electron chi connectivity index (χ1n) is 16.9. The monoisotopic (exact) mass is 461 g/mol. The van der Waals surface area contributed by atoms with Gasteiger partial charge in [-0.25, -0.2) is 18.2 Å². The first-order chi connectivity index (χ1) is 21.5. The van der Waals surface area contributed by atoms with Gasteiger partial charge in [0.15, 0.2) is 17.6 Å². The Morgan fingerprint density at radius 3 is 2.84 bits per heavy atom. The summed E-state index contributed by atoms with van der Waals surface area (Å²) in [5, 5.41) is 5.37. The smallest absolute Gasteiger partial charge is 0.279 e. The van der Waals surface area contributed by atoms with Crippen LogP contribution in [0.25, 0.3) is 11.1 Å². The number of piperidine rings is 1. The number of anilines is 1. The van der Waals surface area contributed by atoms with Gasteiger partial charge in [-0.05, 0) is 62.7 Å². The minimum atomic E-state index is -4.04. The van der Waals surface area contributed by atoms with Crippen molar-refractivity contribution in [1.82, 2.24) is 20.1 Å². The first kappa shape index (κ1) is 9.82. The third kappa shape index (κ3) is 4.43. The van der Waals surface area contributed by atoms with Crippen molar-refractivity contribution < 1.29 is 39.8 Å². The van der Waals surface area contributed by atoms with E-state index in [1.54, 1.807) is 5.32 Å². The fourth-order valence-electron chi connectivity index (χ4n) is 2.80. The fourth-order valence-corrected chi connectivity index (χ4v) is 2.80. The van der Waals surface area contributed by atoms with E-state index in [9.17, 15) is 13.2 Å². The van der Waals surface area contributed by atoms with Crippen LogP contribution in [0.5, 0.6) is 5.75 Å². The Balaban J connectivity index is 1.89. The highest BCUT2D eigenvalue weighted by molar-refractivity contribution is 5.66. The average Bonchev–Trinajstić information content (AvgIpc) is 3.41. The number of alkyl halides is 2. The first-order valence-corrected chi connectivity index (χ1v) is 8.89. The zero-order chi connectivity index (χ0) is 36.8. The van der Waals surface area contributed by atoms with Gasteiger partial charge in [0.1, 0.15) is 5.82 Å². The molecule has 0 bridgehead atoms. The number of nitrogens with two attached hydrogens (primary N) is 1. The number of halogens is 3. The summed E-state index contributed by atoms with van der Waals surface area (Å²) in [5.41, 5.74) is 1.25. The van der Waals surface area contributed by atoms with Crippen LogP contribution in [-0.4, -0.2) is 34.2 Å². The molecule has 1 aliphatic heterocycles. The molecule has 0 saturated carbocycles. The second-order valence-corrected chi connectivity index (χ2v) is 6.37. The highest BCUT2D eigenvalue weighted by Crippen LogP contribution is 2.36. The fraction of sp³-hybridized carbons (Fsp3) is 0.391. The van der Waals surface area contributed by atoms with Gasteiger partial charge in [0.2, 0.25) is 0 Å². The van der Waals surface area contributed by atoms with E-state index in [2.05, 4.69) is 10.1 Å². The van der Waals surface area contributed by atoms with Crippen LogP contribution in [0.15, 0.2) is 36.8 Å². The van der Waals surface area contributed by atoms with Crippen molar-refractivity contribution in [3.8, 4) is 16.9 Å². The van der Waals surface area contributed by atoms with Crippen LogP contribution in [0.4, 0.5) is 19.0 Å². The molecule has 1 fully saturated rings. The molecule has 1 unspecified atom stereocenters. The Kier molecular flexibility index (Phi) is 2.82. The van der Waals surface area contributed by atoms with Gasteiger partial charge in [0, 0.05) is 48.3 Å². The van der Waals surface area contributed by atoms with Gasteiger partial charge >= 0.3 is 0 Å². The molecule has 0 aliphatic carbocycles. The minimum Gasteiger partial charge on any atom is -0.476 e. The van der Waals surface area contributed by atoms with Gasteiger partial charge in [0.25, 0.3) is 6.43 Å². The molecule has 1 aromatic carbocycles. The molecule has 170 valence electrons. The molecule has 3 aromatic rings. The van der Waals surface area contributed by atoms with Gasteiger partial charge in [-0.2, -0.15) is 5.10 Å². The summed E-state index contributed by atoms with van der Waals surface area (Å²) >= 11 is 0. The average molecular weight is 462 g/mol. The third-order valence-corrected chi connectivity index (χ3v) is 4.33. The molecule has 4 rings (SSSR count). The summed E-state index contributed by atoms with van der Waals surface area (Å²) in [6, 6.07) is -1.64. The Morgan fingerprint density at radius 1 is 1.31 bits per heavy atom. The van der Waals surface area contributed by atoms with Crippen molar-refractivity contribution in [3.63, 3.8) is 0 Å². The molecule has 9 heteroatoms. The summed E-state index contributed by atoms with van der Waals surface area (Å²) in [6.07, 6.45) is -12.3. The summed E-state index contributed by atoms with van der Waals surface area (Å²) in [6.45, 7) is -13.5. The topological polar surface area (TPSA) is 78.0 Å². The lowest BCUT2D eigenvalue weighted by molar-refractivity contribution is 0.00988. The number of pyridine rings is 1. The Morgan fingerprint density at radius 2 is 2.12 bits per heavy atom. The molecule has 1 aliphatic rings. The molecule has 1 atom stereocenters. The number of hydrogen-bond acceptors (Lipinski definition) is 5. The number of benzene rings is 1. The van der Waals surface area contributed by atoms with Crippen LogP contribution in [0.1, 0.15) is 63.5 Å². The maximum Gasteiger partial charge on any atom is 0.279 e. The number of aryl methyl sites for hydroxylation is 1. The number of hydrogen-bond donors (Lipinski definition) is 2. The van der Waals surface area contributed by atoms with Gasteiger partial charge in [-0.1, -0.05) is 6.07 Å². The molecule has 0 amide bonds. The quantitative estimate of drug-likeness (QED) is 0.561. The summed E-state index contributed by atoms with van der Waals surface area (Å²) in [4.78, 5) is 3.76. The molecule has 2 aromatic heterocycles. The molecular formula is C23H26F3N5O. The summed E-state index contributed by atoms with van der Waals surface area (Å²) in [7, 11) is 0. The predicted molar refractivity (Wildman–Crippen MR) is 116 cm³/mol. The molecular weight excluding hydrogens is 419 g/mol. The lowest BCUT2D eigenvalue weighted by Gasteiger charge is -2.23. The van der Waals surface area contributed by atoms with Crippen LogP contribution < -0.4 is 15.8 Å². The lowest BCUT2D eigenvalue weighted by atomic mass is 9.97. The summed E-state index contributed by atoms with van der Waals surface area (Å²) < 4.78 is 179. The van der Waals surface area contributed by atoms with E-state index in [1.807, 2.05) is 0 Å². The van der Waals surface area contributed by atoms with Crippen molar-refractivity contribution in [2.24, 2.45) is 0 Å². The van der Waals surface area contributed by atoms with E-state index in [1.165, 1.54) is 0 Å². The number of ether oxygens (including phenoxy) is 1. The van der Waals surface area contributed by atoms with Crippen molar-refractivity contribution in [3.05, 3.63) is 59.3 Å². The predicted octanol–water partition coefficient (Wildman–Crippen LogP) is 4.59. The number of rotatable bonds is 6. The summed E-state index contributed by atoms with van der Waals surface area (Å²) in [5.74, 6) is -3.20. The highest BCUT2D eigenvalue weighted by Gasteiger charge is 2.30. The van der Waals surface area contributed by atoms with Crippen molar-refractivity contribution >= 4 is 5.82 Å². The number of nitrogens with zero attached hydrogens (tertiary/aromatic N) is 3. The second-order valence-electron chi connectivity index (χ2n) is 6.37. The maximum atomic E-state index is 14.9. The van der Waals surface area contributed by atoms with Crippen LogP contribution >= 0.6 is 0 Å². The molecule has 0 spiro atoms. The molecule has 6 nitrogen and oxygen atoms in total. The van der Waals surface area contributed by atoms with E-state index in [0.29, 0.717) is 16.8 Å². The number of aromatic nitrogens is 3. The van der Waals surface area contributed by atoms with E-state index >= 15 is 0 Å². The highest BCUT2D eigenvalue weighted by atomic mass is 19.3. The van der Waals surface area contributed by atoms with E-state index in [4.69, 9.17) is 32.4 Å². The zero-order valence-electron chi connectivity index (χ0n) is 32.0. The molecule has 32 heavy (non-hydrogen) atoms. The molecule has 1 saturated heterocycles.